The minimum absolute atomic E-state index is 0.0181. The molecule has 1 unspecified atom stereocenters. The Morgan fingerprint density at radius 2 is 2.00 bits per heavy atom. The summed E-state index contributed by atoms with van der Waals surface area (Å²) >= 11 is 0. The van der Waals surface area contributed by atoms with E-state index in [1.807, 2.05) is 67.2 Å². The maximum atomic E-state index is 12.5. The van der Waals surface area contributed by atoms with E-state index < -0.39 is 0 Å². The third kappa shape index (κ3) is 2.33. The van der Waals surface area contributed by atoms with Crippen LogP contribution in [0, 0.1) is 0 Å². The Morgan fingerprint density at radius 1 is 1.24 bits per heavy atom. The Balaban J connectivity index is 1.88. The molecule has 0 aliphatic heterocycles. The van der Waals surface area contributed by atoms with E-state index in [1.165, 1.54) is 0 Å². The fraction of sp³-hybridized carbons (Fsp3) is 0.235. The average Bonchev–Trinajstić information content (AvgIpc) is 3.10. The van der Waals surface area contributed by atoms with E-state index in [0.717, 1.165) is 16.7 Å². The Bertz CT molecular complexity index is 752. The summed E-state index contributed by atoms with van der Waals surface area (Å²) in [5.74, 6) is 0.775. The van der Waals surface area contributed by atoms with Crippen molar-refractivity contribution >= 4 is 16.9 Å². The average molecular weight is 282 g/mol. The number of rotatable bonds is 3. The first-order valence-electron chi connectivity index (χ1n) is 6.95. The highest BCUT2D eigenvalue weighted by atomic mass is 16.3. The summed E-state index contributed by atoms with van der Waals surface area (Å²) in [5, 5.41) is 1.05. The number of carbonyl (C=O) groups is 1. The van der Waals surface area contributed by atoms with Gasteiger partial charge >= 0.3 is 0 Å². The van der Waals surface area contributed by atoms with Crippen LogP contribution in [0.5, 0.6) is 0 Å². The number of hydrogen-bond acceptors (Lipinski definition) is 2. The van der Waals surface area contributed by atoms with Crippen molar-refractivity contribution in [2.75, 3.05) is 7.05 Å². The lowest BCUT2D eigenvalue weighted by atomic mass is 10.2. The molecule has 21 heavy (non-hydrogen) atoms. The Kier molecular flexibility index (Phi) is 3.29. The monoisotopic (exact) mass is 282 g/mol. The van der Waals surface area contributed by atoms with Crippen molar-refractivity contribution in [2.45, 2.75) is 13.0 Å². The highest BCUT2D eigenvalue weighted by Gasteiger charge is 2.23. The molecule has 0 saturated carbocycles. The Labute approximate surface area is 123 Å². The van der Waals surface area contributed by atoms with Crippen LogP contribution in [0.4, 0.5) is 0 Å². The van der Waals surface area contributed by atoms with E-state index in [-0.39, 0.29) is 11.9 Å². The van der Waals surface area contributed by atoms with Gasteiger partial charge in [-0.1, -0.05) is 18.2 Å². The van der Waals surface area contributed by atoms with Crippen molar-refractivity contribution in [2.24, 2.45) is 7.05 Å². The van der Waals surface area contributed by atoms with E-state index in [1.54, 1.807) is 11.9 Å². The molecular weight excluding hydrogens is 264 g/mol. The maximum Gasteiger partial charge on any atom is 0.270 e. The molecule has 0 radical (unpaired) electrons. The second kappa shape index (κ2) is 5.13. The molecule has 3 aromatic rings. The zero-order valence-corrected chi connectivity index (χ0v) is 12.4. The molecule has 0 fully saturated rings. The van der Waals surface area contributed by atoms with Crippen LogP contribution in [-0.4, -0.2) is 22.4 Å². The third-order valence-corrected chi connectivity index (χ3v) is 3.92. The second-order valence-electron chi connectivity index (χ2n) is 5.28. The molecule has 0 saturated heterocycles. The van der Waals surface area contributed by atoms with E-state index in [0.29, 0.717) is 5.69 Å². The van der Waals surface area contributed by atoms with Crippen molar-refractivity contribution in [3.63, 3.8) is 0 Å². The van der Waals surface area contributed by atoms with E-state index >= 15 is 0 Å². The highest BCUT2D eigenvalue weighted by molar-refractivity contribution is 5.93. The maximum absolute atomic E-state index is 12.5. The first-order valence-corrected chi connectivity index (χ1v) is 6.95. The number of hydrogen-bond donors (Lipinski definition) is 0. The van der Waals surface area contributed by atoms with Crippen LogP contribution in [0.2, 0.25) is 0 Å². The number of fused-ring (bicyclic) bond motifs is 1. The van der Waals surface area contributed by atoms with E-state index in [9.17, 15) is 4.79 Å². The van der Waals surface area contributed by atoms with E-state index in [4.69, 9.17) is 4.42 Å². The quantitative estimate of drug-likeness (QED) is 0.736. The molecule has 2 heterocycles. The summed E-state index contributed by atoms with van der Waals surface area (Å²) < 4.78 is 7.67. The van der Waals surface area contributed by atoms with Crippen molar-refractivity contribution in [1.82, 2.24) is 9.47 Å². The Morgan fingerprint density at radius 3 is 2.67 bits per heavy atom. The third-order valence-electron chi connectivity index (χ3n) is 3.92. The zero-order valence-electron chi connectivity index (χ0n) is 12.4. The predicted octanol–water partition coefficient (Wildman–Crippen LogP) is 3.60. The van der Waals surface area contributed by atoms with Crippen molar-refractivity contribution in [3.05, 3.63) is 60.1 Å². The molecular formula is C17H18N2O2. The molecule has 4 heteroatoms. The molecule has 108 valence electrons. The van der Waals surface area contributed by atoms with Crippen LogP contribution in [0.1, 0.15) is 29.2 Å². The van der Waals surface area contributed by atoms with Gasteiger partial charge in [0.05, 0.1) is 6.04 Å². The lowest BCUT2D eigenvalue weighted by Crippen LogP contribution is -2.30. The number of aryl methyl sites for hydroxylation is 1. The summed E-state index contributed by atoms with van der Waals surface area (Å²) in [7, 11) is 3.67. The number of nitrogens with zero attached hydrogens (tertiary/aromatic N) is 2. The van der Waals surface area contributed by atoms with Crippen LogP contribution in [0.3, 0.4) is 0 Å². The molecule has 1 aromatic carbocycles. The van der Waals surface area contributed by atoms with Gasteiger partial charge < -0.3 is 13.9 Å². The van der Waals surface area contributed by atoms with Crippen LogP contribution < -0.4 is 0 Å². The van der Waals surface area contributed by atoms with Crippen molar-refractivity contribution < 1.29 is 9.21 Å². The molecule has 0 aliphatic rings. The predicted molar refractivity (Wildman–Crippen MR) is 82.1 cm³/mol. The van der Waals surface area contributed by atoms with Gasteiger partial charge in [-0.25, -0.2) is 0 Å². The van der Waals surface area contributed by atoms with Gasteiger partial charge in [0.2, 0.25) is 0 Å². The van der Waals surface area contributed by atoms with Gasteiger partial charge in [-0.2, -0.15) is 0 Å². The summed E-state index contributed by atoms with van der Waals surface area (Å²) in [6.45, 7) is 1.97. The van der Waals surface area contributed by atoms with E-state index in [2.05, 4.69) is 0 Å². The van der Waals surface area contributed by atoms with Gasteiger partial charge in [-0.15, -0.1) is 0 Å². The highest BCUT2D eigenvalue weighted by Crippen LogP contribution is 2.27. The largest absolute Gasteiger partial charge is 0.459 e. The minimum Gasteiger partial charge on any atom is -0.459 e. The smallest absolute Gasteiger partial charge is 0.270 e. The number of para-hydroxylation sites is 1. The second-order valence-corrected chi connectivity index (χ2v) is 5.28. The summed E-state index contributed by atoms with van der Waals surface area (Å²) in [4.78, 5) is 14.2. The van der Waals surface area contributed by atoms with Gasteiger partial charge in [0.1, 0.15) is 17.0 Å². The van der Waals surface area contributed by atoms with Crippen LogP contribution in [0.15, 0.2) is 53.1 Å². The van der Waals surface area contributed by atoms with Gasteiger partial charge in [-0.3, -0.25) is 4.79 Å². The van der Waals surface area contributed by atoms with Crippen LogP contribution in [0.25, 0.3) is 11.0 Å². The van der Waals surface area contributed by atoms with Gasteiger partial charge in [0.25, 0.3) is 5.91 Å². The number of furan rings is 1. The van der Waals surface area contributed by atoms with Crippen LogP contribution >= 0.6 is 0 Å². The molecule has 0 bridgehead atoms. The number of benzene rings is 1. The zero-order chi connectivity index (χ0) is 15.0. The molecule has 4 nitrogen and oxygen atoms in total. The first kappa shape index (κ1) is 13.5. The van der Waals surface area contributed by atoms with Gasteiger partial charge in [0, 0.05) is 25.7 Å². The molecule has 3 rings (SSSR count). The van der Waals surface area contributed by atoms with Gasteiger partial charge in [-0.05, 0) is 31.2 Å². The molecule has 0 N–H and O–H groups in total. The standard InChI is InChI=1S/C17H18N2O2/c1-12(16-11-13-7-4-5-9-15(13)21-16)19(3)17(20)14-8-6-10-18(14)2/h4-12H,1-3H3. The topological polar surface area (TPSA) is 38.4 Å². The first-order chi connectivity index (χ1) is 10.1. The normalized spacial score (nSPS) is 12.5. The summed E-state index contributed by atoms with van der Waals surface area (Å²) in [5.41, 5.74) is 1.51. The number of amides is 1. The lowest BCUT2D eigenvalue weighted by Gasteiger charge is -2.23. The molecule has 0 spiro atoms. The molecule has 1 atom stereocenters. The summed E-state index contributed by atoms with van der Waals surface area (Å²) in [6.07, 6.45) is 1.87. The fourth-order valence-electron chi connectivity index (χ4n) is 2.44. The van der Waals surface area contributed by atoms with Crippen molar-refractivity contribution in [1.29, 1.82) is 0 Å². The molecule has 0 aliphatic carbocycles. The van der Waals surface area contributed by atoms with Crippen LogP contribution in [-0.2, 0) is 7.05 Å². The molecule has 1 amide bonds. The summed E-state index contributed by atoms with van der Waals surface area (Å²) in [6, 6.07) is 13.4. The molecule has 2 aromatic heterocycles. The number of carbonyl (C=O) groups excluding carboxylic acids is 1. The fourth-order valence-corrected chi connectivity index (χ4v) is 2.44. The number of aromatic nitrogens is 1. The van der Waals surface area contributed by atoms with Crippen molar-refractivity contribution in [3.8, 4) is 0 Å². The lowest BCUT2D eigenvalue weighted by molar-refractivity contribution is 0.0718. The SMILES string of the molecule is CC(c1cc2ccccc2o1)N(C)C(=O)c1cccn1C. The van der Waals surface area contributed by atoms with Gasteiger partial charge in [0.15, 0.2) is 0 Å². The minimum atomic E-state index is -0.125. The Hall–Kier alpha value is -2.49.